The smallest absolute Gasteiger partial charge is 0.397 e. The number of amides is 1. The molecule has 1 aromatic carbocycles. The van der Waals surface area contributed by atoms with Crippen molar-refractivity contribution < 1.29 is 13.9 Å². The summed E-state index contributed by atoms with van der Waals surface area (Å²) in [7, 11) is 0. The predicted molar refractivity (Wildman–Crippen MR) is 95.0 cm³/mol. The van der Waals surface area contributed by atoms with Crippen LogP contribution in [0.15, 0.2) is 42.0 Å². The molecule has 0 atom stereocenters. The number of thiazole rings is 2. The summed E-state index contributed by atoms with van der Waals surface area (Å²) < 4.78 is 20.2. The Morgan fingerprint density at radius 3 is 2.80 bits per heavy atom. The van der Waals surface area contributed by atoms with Crippen LogP contribution >= 0.6 is 22.7 Å². The van der Waals surface area contributed by atoms with E-state index in [9.17, 15) is 9.18 Å². The van der Waals surface area contributed by atoms with Crippen LogP contribution in [0, 0.1) is 12.7 Å². The molecule has 1 N–H and O–H groups in total. The molecule has 0 aliphatic rings. The van der Waals surface area contributed by atoms with Crippen LogP contribution in [0.2, 0.25) is 0 Å². The quantitative estimate of drug-likeness (QED) is 0.570. The molecular formula is C16H11FN4O2S2. The molecule has 3 aromatic heterocycles. The van der Waals surface area contributed by atoms with E-state index in [0.29, 0.717) is 15.2 Å². The minimum absolute atomic E-state index is 0.289. The van der Waals surface area contributed by atoms with Gasteiger partial charge >= 0.3 is 6.09 Å². The van der Waals surface area contributed by atoms with E-state index >= 15 is 0 Å². The second kappa shape index (κ2) is 6.26. The average molecular weight is 374 g/mol. The molecule has 0 radical (unpaired) electrons. The lowest BCUT2D eigenvalue weighted by atomic mass is 10.2. The third-order valence-corrected chi connectivity index (χ3v) is 5.20. The van der Waals surface area contributed by atoms with Gasteiger partial charge in [-0.25, -0.2) is 19.2 Å². The van der Waals surface area contributed by atoms with Crippen molar-refractivity contribution in [2.24, 2.45) is 0 Å². The maximum absolute atomic E-state index is 13.0. The number of carbonyl (C=O) groups excluding carboxylic acids is 1. The lowest BCUT2D eigenvalue weighted by molar-refractivity contribution is 0.216. The number of hydrogen-bond donors (Lipinski definition) is 1. The van der Waals surface area contributed by atoms with Crippen LogP contribution in [0.5, 0.6) is 5.06 Å². The Bertz CT molecular complexity index is 1040. The molecular weight excluding hydrogens is 363 g/mol. The monoisotopic (exact) mass is 374 g/mol. The van der Waals surface area contributed by atoms with E-state index in [0.717, 1.165) is 17.0 Å². The molecule has 0 unspecified atom stereocenters. The highest BCUT2D eigenvalue weighted by atomic mass is 32.1. The number of benzene rings is 1. The molecule has 0 bridgehead atoms. The van der Waals surface area contributed by atoms with Gasteiger partial charge < -0.3 is 4.74 Å². The molecule has 3 heterocycles. The first-order valence-electron chi connectivity index (χ1n) is 7.23. The van der Waals surface area contributed by atoms with Crippen molar-refractivity contribution in [1.29, 1.82) is 0 Å². The van der Waals surface area contributed by atoms with E-state index in [4.69, 9.17) is 4.74 Å². The number of fused-ring (bicyclic) bond motifs is 1. The number of carbonyl (C=O) groups is 1. The highest BCUT2D eigenvalue weighted by Gasteiger charge is 2.17. The lowest BCUT2D eigenvalue weighted by Crippen LogP contribution is -2.16. The minimum atomic E-state index is -0.596. The minimum Gasteiger partial charge on any atom is -0.397 e. The van der Waals surface area contributed by atoms with Gasteiger partial charge in [0.25, 0.3) is 0 Å². The number of nitrogens with one attached hydrogen (secondary N) is 1. The summed E-state index contributed by atoms with van der Waals surface area (Å²) in [5, 5.41) is 5.26. The zero-order chi connectivity index (χ0) is 17.4. The van der Waals surface area contributed by atoms with Crippen molar-refractivity contribution in [3.63, 3.8) is 0 Å². The molecule has 9 heteroatoms. The second-order valence-electron chi connectivity index (χ2n) is 5.11. The molecule has 0 aliphatic heterocycles. The average Bonchev–Trinajstić information content (AvgIpc) is 3.29. The Morgan fingerprint density at radius 1 is 1.32 bits per heavy atom. The number of hydrogen-bond acceptors (Lipinski definition) is 6. The lowest BCUT2D eigenvalue weighted by Gasteiger charge is -2.02. The first-order chi connectivity index (χ1) is 12.1. The molecule has 0 saturated carbocycles. The molecule has 1 amide bonds. The van der Waals surface area contributed by atoms with E-state index in [2.05, 4.69) is 15.3 Å². The van der Waals surface area contributed by atoms with Gasteiger partial charge in [-0.1, -0.05) is 11.3 Å². The van der Waals surface area contributed by atoms with Gasteiger partial charge in [0.1, 0.15) is 5.82 Å². The molecule has 0 aliphatic carbocycles. The predicted octanol–water partition coefficient (Wildman–Crippen LogP) is 4.58. The summed E-state index contributed by atoms with van der Waals surface area (Å²) in [6.07, 6.45) is 2.84. The van der Waals surface area contributed by atoms with Crippen LogP contribution in [-0.4, -0.2) is 20.5 Å². The summed E-state index contributed by atoms with van der Waals surface area (Å²) in [6.45, 7) is 1.84. The fourth-order valence-corrected chi connectivity index (χ4v) is 3.74. The SMILES string of the molecule is Cc1c(OC(=O)Nc2nccs2)sc2nc(-c3ccc(F)cc3)cn12. The summed E-state index contributed by atoms with van der Waals surface area (Å²) in [5.74, 6) is -0.289. The van der Waals surface area contributed by atoms with Crippen molar-refractivity contribution in [3.8, 4) is 16.3 Å². The van der Waals surface area contributed by atoms with Gasteiger partial charge in [-0.05, 0) is 31.2 Å². The molecule has 0 saturated heterocycles. The van der Waals surface area contributed by atoms with Crippen LogP contribution < -0.4 is 10.1 Å². The van der Waals surface area contributed by atoms with Gasteiger partial charge in [-0.2, -0.15) is 0 Å². The van der Waals surface area contributed by atoms with Gasteiger partial charge in [0.2, 0.25) is 5.06 Å². The number of halogens is 1. The Balaban J connectivity index is 1.57. The van der Waals surface area contributed by atoms with Gasteiger partial charge in [0, 0.05) is 23.3 Å². The number of aryl methyl sites for hydroxylation is 1. The standard InChI is InChI=1S/C16H11FN4O2S2/c1-9-13(23-16(22)20-14-18-6-7-24-14)25-15-19-12(8-21(9)15)10-2-4-11(17)5-3-10/h2-8H,1H3,(H,18,20,22). The number of aromatic nitrogens is 3. The topological polar surface area (TPSA) is 68.5 Å². The summed E-state index contributed by atoms with van der Waals surface area (Å²) in [6, 6.07) is 6.15. The van der Waals surface area contributed by atoms with E-state index in [1.165, 1.54) is 34.8 Å². The first kappa shape index (κ1) is 15.7. The molecule has 4 aromatic rings. The second-order valence-corrected chi connectivity index (χ2v) is 6.95. The number of anilines is 1. The summed E-state index contributed by atoms with van der Waals surface area (Å²) in [4.78, 5) is 21.1. The van der Waals surface area contributed by atoms with Crippen molar-refractivity contribution in [1.82, 2.24) is 14.4 Å². The molecule has 0 spiro atoms. The molecule has 25 heavy (non-hydrogen) atoms. The fourth-order valence-electron chi connectivity index (χ4n) is 2.27. The van der Waals surface area contributed by atoms with E-state index in [-0.39, 0.29) is 5.82 Å². The van der Waals surface area contributed by atoms with Gasteiger partial charge in [-0.3, -0.25) is 9.72 Å². The molecule has 0 fully saturated rings. The zero-order valence-electron chi connectivity index (χ0n) is 12.9. The summed E-state index contributed by atoms with van der Waals surface area (Å²) in [5.41, 5.74) is 2.31. The molecule has 4 rings (SSSR count). The summed E-state index contributed by atoms with van der Waals surface area (Å²) >= 11 is 2.57. The maximum atomic E-state index is 13.0. The number of imidazole rings is 1. The normalized spacial score (nSPS) is 11.0. The third-order valence-electron chi connectivity index (χ3n) is 3.48. The number of nitrogens with zero attached hydrogens (tertiary/aromatic N) is 3. The highest BCUT2D eigenvalue weighted by Crippen LogP contribution is 2.32. The van der Waals surface area contributed by atoms with Crippen LogP contribution in [0.1, 0.15) is 5.69 Å². The highest BCUT2D eigenvalue weighted by molar-refractivity contribution is 7.19. The Morgan fingerprint density at radius 2 is 2.12 bits per heavy atom. The van der Waals surface area contributed by atoms with Crippen LogP contribution in [-0.2, 0) is 0 Å². The largest absolute Gasteiger partial charge is 0.419 e. The van der Waals surface area contributed by atoms with Gasteiger partial charge in [0.15, 0.2) is 10.1 Å². The molecule has 6 nitrogen and oxygen atoms in total. The van der Waals surface area contributed by atoms with Crippen LogP contribution in [0.4, 0.5) is 14.3 Å². The van der Waals surface area contributed by atoms with Gasteiger partial charge in [0.05, 0.1) is 11.4 Å². The van der Waals surface area contributed by atoms with Gasteiger partial charge in [-0.15, -0.1) is 11.3 Å². The fraction of sp³-hybridized carbons (Fsp3) is 0.0625. The van der Waals surface area contributed by atoms with E-state index in [1.54, 1.807) is 23.7 Å². The van der Waals surface area contributed by atoms with Crippen LogP contribution in [0.25, 0.3) is 16.2 Å². The van der Waals surface area contributed by atoms with Crippen molar-refractivity contribution in [3.05, 3.63) is 53.6 Å². The Labute approximate surface area is 149 Å². The van der Waals surface area contributed by atoms with Crippen molar-refractivity contribution in [2.75, 3.05) is 5.32 Å². The molecule has 126 valence electrons. The number of rotatable bonds is 3. The maximum Gasteiger partial charge on any atom is 0.419 e. The van der Waals surface area contributed by atoms with E-state index in [1.807, 2.05) is 17.5 Å². The Hall–Kier alpha value is -2.78. The van der Waals surface area contributed by atoms with Crippen molar-refractivity contribution >= 4 is 38.9 Å². The van der Waals surface area contributed by atoms with E-state index < -0.39 is 6.09 Å². The number of ether oxygens (including phenoxy) is 1. The van der Waals surface area contributed by atoms with Crippen LogP contribution in [0.3, 0.4) is 0 Å². The Kier molecular flexibility index (Phi) is 3.94. The first-order valence-corrected chi connectivity index (χ1v) is 8.92. The zero-order valence-corrected chi connectivity index (χ0v) is 14.5. The van der Waals surface area contributed by atoms with Crippen molar-refractivity contribution in [2.45, 2.75) is 6.92 Å². The third kappa shape index (κ3) is 3.11.